The number of aryl methyl sites for hydroxylation is 1. The highest BCUT2D eigenvalue weighted by Gasteiger charge is 2.26. The first kappa shape index (κ1) is 17.6. The Morgan fingerprint density at radius 1 is 1.28 bits per heavy atom. The second-order valence-electron chi connectivity index (χ2n) is 7.18. The van der Waals surface area contributed by atoms with Crippen LogP contribution in [0.15, 0.2) is 10.3 Å². The van der Waals surface area contributed by atoms with Crippen molar-refractivity contribution in [2.75, 3.05) is 12.0 Å². The largest absolute Gasteiger partial charge is 0.248 e. The fourth-order valence-corrected chi connectivity index (χ4v) is 6.70. The van der Waals surface area contributed by atoms with Crippen molar-refractivity contribution in [2.45, 2.75) is 62.7 Å². The molecule has 0 aromatic carbocycles. The number of thioether (sulfide) groups is 2. The van der Waals surface area contributed by atoms with Gasteiger partial charge in [-0.05, 0) is 49.3 Å². The molecule has 4 nitrogen and oxygen atoms in total. The predicted molar refractivity (Wildman–Crippen MR) is 109 cm³/mol. The van der Waals surface area contributed by atoms with Crippen molar-refractivity contribution in [2.24, 2.45) is 5.92 Å². The van der Waals surface area contributed by atoms with Crippen molar-refractivity contribution in [1.82, 2.24) is 19.6 Å². The quantitative estimate of drug-likeness (QED) is 0.415. The van der Waals surface area contributed by atoms with Crippen molar-refractivity contribution in [3.8, 4) is 0 Å². The summed E-state index contributed by atoms with van der Waals surface area (Å²) in [6.45, 7) is 6.87. The van der Waals surface area contributed by atoms with Crippen molar-refractivity contribution in [3.63, 3.8) is 0 Å². The van der Waals surface area contributed by atoms with Crippen molar-refractivity contribution in [1.29, 1.82) is 0 Å². The molecule has 134 valence electrons. The van der Waals surface area contributed by atoms with Crippen LogP contribution in [-0.2, 0) is 6.42 Å². The van der Waals surface area contributed by atoms with Gasteiger partial charge in [-0.25, -0.2) is 9.38 Å². The molecule has 1 atom stereocenters. The van der Waals surface area contributed by atoms with E-state index < -0.39 is 0 Å². The van der Waals surface area contributed by atoms with Crippen LogP contribution in [0, 0.1) is 5.92 Å². The lowest BCUT2D eigenvalue weighted by Gasteiger charge is -2.18. The van der Waals surface area contributed by atoms with Crippen LogP contribution in [0.4, 0.5) is 0 Å². The zero-order valence-corrected chi connectivity index (χ0v) is 17.7. The van der Waals surface area contributed by atoms with Gasteiger partial charge in [0.1, 0.15) is 4.83 Å². The Bertz CT molecular complexity index is 912. The molecule has 1 aliphatic carbocycles. The number of fused-ring (bicyclic) bond motifs is 5. The second-order valence-corrected chi connectivity index (χ2v) is 10.1. The fraction of sp³-hybridized carbons (Fsp3) is 0.611. The molecule has 0 aliphatic heterocycles. The van der Waals surface area contributed by atoms with Gasteiger partial charge in [0.15, 0.2) is 16.0 Å². The van der Waals surface area contributed by atoms with Gasteiger partial charge in [0.2, 0.25) is 0 Å². The lowest BCUT2D eigenvalue weighted by molar-refractivity contribution is 0.602. The van der Waals surface area contributed by atoms with Gasteiger partial charge in [0.05, 0.1) is 5.39 Å². The summed E-state index contributed by atoms with van der Waals surface area (Å²) in [5.41, 5.74) is 2.50. The first-order chi connectivity index (χ1) is 12.1. The molecule has 25 heavy (non-hydrogen) atoms. The SMILES string of the molecule is CSc1nc2sc3c(c2c2nnc(SCCC(C)C)n12)C(C)CCC3. The topological polar surface area (TPSA) is 43.1 Å². The number of aromatic nitrogens is 4. The summed E-state index contributed by atoms with van der Waals surface area (Å²) in [5, 5.41) is 12.4. The third-order valence-electron chi connectivity index (χ3n) is 4.89. The van der Waals surface area contributed by atoms with Gasteiger partial charge >= 0.3 is 0 Å². The minimum atomic E-state index is 0.594. The van der Waals surface area contributed by atoms with Crippen LogP contribution < -0.4 is 0 Å². The van der Waals surface area contributed by atoms with E-state index in [0.717, 1.165) is 26.5 Å². The summed E-state index contributed by atoms with van der Waals surface area (Å²) in [6.07, 6.45) is 7.02. The van der Waals surface area contributed by atoms with Gasteiger partial charge < -0.3 is 0 Å². The third kappa shape index (κ3) is 3.08. The fourth-order valence-electron chi connectivity index (χ4n) is 3.55. The maximum Gasteiger partial charge on any atom is 0.197 e. The number of rotatable bonds is 5. The van der Waals surface area contributed by atoms with Gasteiger partial charge in [-0.15, -0.1) is 21.5 Å². The normalized spacial score (nSPS) is 17.7. The van der Waals surface area contributed by atoms with E-state index in [2.05, 4.69) is 41.6 Å². The molecule has 1 aliphatic rings. The van der Waals surface area contributed by atoms with E-state index in [1.807, 2.05) is 11.3 Å². The highest BCUT2D eigenvalue weighted by molar-refractivity contribution is 7.99. The summed E-state index contributed by atoms with van der Waals surface area (Å²) in [6, 6.07) is 0. The second kappa shape index (κ2) is 7.08. The van der Waals surface area contributed by atoms with Gasteiger partial charge in [0.25, 0.3) is 0 Å². The van der Waals surface area contributed by atoms with E-state index >= 15 is 0 Å². The zero-order valence-electron chi connectivity index (χ0n) is 15.2. The lowest BCUT2D eigenvalue weighted by Crippen LogP contribution is -2.04. The van der Waals surface area contributed by atoms with E-state index in [9.17, 15) is 0 Å². The van der Waals surface area contributed by atoms with Gasteiger partial charge in [-0.2, -0.15) is 0 Å². The van der Waals surface area contributed by atoms with Crippen molar-refractivity contribution < 1.29 is 0 Å². The van der Waals surface area contributed by atoms with Crippen molar-refractivity contribution in [3.05, 3.63) is 10.4 Å². The minimum Gasteiger partial charge on any atom is -0.248 e. The Labute approximate surface area is 161 Å². The minimum absolute atomic E-state index is 0.594. The number of thiophene rings is 1. The number of hydrogen-bond acceptors (Lipinski definition) is 6. The first-order valence-electron chi connectivity index (χ1n) is 8.97. The Morgan fingerprint density at radius 3 is 2.88 bits per heavy atom. The van der Waals surface area contributed by atoms with Crippen LogP contribution in [-0.4, -0.2) is 31.6 Å². The maximum absolute atomic E-state index is 4.99. The smallest absolute Gasteiger partial charge is 0.197 e. The molecule has 3 aromatic rings. The monoisotopic (exact) mass is 392 g/mol. The number of hydrogen-bond donors (Lipinski definition) is 0. The molecule has 1 unspecified atom stereocenters. The molecular formula is C18H24N4S3. The van der Waals surface area contributed by atoms with Crippen LogP contribution in [0.5, 0.6) is 0 Å². The summed E-state index contributed by atoms with van der Waals surface area (Å²) >= 11 is 5.35. The molecule has 0 amide bonds. The lowest BCUT2D eigenvalue weighted by atomic mass is 9.87. The molecule has 0 N–H and O–H groups in total. The van der Waals surface area contributed by atoms with Crippen molar-refractivity contribution >= 4 is 50.7 Å². The van der Waals surface area contributed by atoms with Crippen LogP contribution >= 0.6 is 34.9 Å². The Hall–Kier alpha value is -0.790. The third-order valence-corrected chi connectivity index (χ3v) is 7.65. The van der Waals surface area contributed by atoms with E-state index in [0.29, 0.717) is 11.8 Å². The number of nitrogens with zero attached hydrogens (tertiary/aromatic N) is 4. The zero-order chi connectivity index (χ0) is 17.6. The highest BCUT2D eigenvalue weighted by Crippen LogP contribution is 2.44. The average Bonchev–Trinajstić information content (AvgIpc) is 3.15. The molecule has 0 radical (unpaired) electrons. The Kier molecular flexibility index (Phi) is 4.99. The van der Waals surface area contributed by atoms with E-state index in [4.69, 9.17) is 4.98 Å². The molecule has 0 spiro atoms. The first-order valence-corrected chi connectivity index (χ1v) is 12.0. The van der Waals surface area contributed by atoms with E-state index in [1.165, 1.54) is 41.5 Å². The summed E-state index contributed by atoms with van der Waals surface area (Å²) in [4.78, 5) is 7.64. The molecular weight excluding hydrogens is 368 g/mol. The molecule has 3 heterocycles. The van der Waals surface area contributed by atoms with E-state index in [-0.39, 0.29) is 0 Å². The summed E-state index contributed by atoms with van der Waals surface area (Å²) in [7, 11) is 0. The van der Waals surface area contributed by atoms with E-state index in [1.54, 1.807) is 23.5 Å². The maximum atomic E-state index is 4.99. The highest BCUT2D eigenvalue weighted by atomic mass is 32.2. The summed E-state index contributed by atoms with van der Waals surface area (Å²) < 4.78 is 2.19. The van der Waals surface area contributed by atoms with Gasteiger partial charge in [-0.1, -0.05) is 44.3 Å². The predicted octanol–water partition coefficient (Wildman–Crippen LogP) is 5.64. The molecule has 3 aromatic heterocycles. The molecule has 7 heteroatoms. The van der Waals surface area contributed by atoms with Crippen LogP contribution in [0.3, 0.4) is 0 Å². The standard InChI is InChI=1S/C18H24N4S3/c1-10(2)8-9-24-18-21-20-15-14-13-11(3)6-5-7-12(13)25-16(14)19-17(23-4)22(15)18/h10-11H,5-9H2,1-4H3. The Morgan fingerprint density at radius 2 is 2.12 bits per heavy atom. The molecule has 0 saturated carbocycles. The molecule has 0 saturated heterocycles. The van der Waals surface area contributed by atoms with Gasteiger partial charge in [-0.3, -0.25) is 0 Å². The molecule has 4 rings (SSSR count). The summed E-state index contributed by atoms with van der Waals surface area (Å²) in [5.74, 6) is 2.38. The average molecular weight is 393 g/mol. The van der Waals surface area contributed by atoms with Crippen LogP contribution in [0.25, 0.3) is 15.9 Å². The molecule has 0 bridgehead atoms. The Balaban J connectivity index is 1.88. The van der Waals surface area contributed by atoms with Gasteiger partial charge in [0, 0.05) is 10.6 Å². The van der Waals surface area contributed by atoms with Crippen LogP contribution in [0.2, 0.25) is 0 Å². The van der Waals surface area contributed by atoms with Crippen LogP contribution in [0.1, 0.15) is 56.4 Å². The molecule has 0 fully saturated rings.